The third-order valence-corrected chi connectivity index (χ3v) is 6.81. The second-order valence-corrected chi connectivity index (χ2v) is 8.82. The van der Waals surface area contributed by atoms with Crippen molar-refractivity contribution in [2.75, 3.05) is 0 Å². The molecule has 0 atom stereocenters. The summed E-state index contributed by atoms with van der Waals surface area (Å²) in [5, 5.41) is 2.52. The van der Waals surface area contributed by atoms with Crippen molar-refractivity contribution >= 4 is 31.7 Å². The highest BCUT2D eigenvalue weighted by Gasteiger charge is 2.35. The van der Waals surface area contributed by atoms with Crippen LogP contribution >= 0.6 is 22.6 Å². The molecular formula is C26H23I. The Bertz CT molecular complexity index is 1180. The Morgan fingerprint density at radius 1 is 0.852 bits per heavy atom. The van der Waals surface area contributed by atoms with Gasteiger partial charge < -0.3 is 0 Å². The first-order chi connectivity index (χ1) is 12.9. The van der Waals surface area contributed by atoms with Gasteiger partial charge in [0.1, 0.15) is 0 Å². The number of hydrogen-bond acceptors (Lipinski definition) is 0. The lowest BCUT2D eigenvalue weighted by Crippen LogP contribution is -2.27. The van der Waals surface area contributed by atoms with Gasteiger partial charge in [-0.3, -0.25) is 0 Å². The molecule has 1 aliphatic rings. The fourth-order valence-electron chi connectivity index (χ4n) is 4.22. The largest absolute Gasteiger partial charge is 0.0980 e. The van der Waals surface area contributed by atoms with Crippen LogP contribution in [0.1, 0.15) is 37.5 Å². The molecule has 0 aromatic heterocycles. The summed E-state index contributed by atoms with van der Waals surface area (Å²) in [6, 6.07) is 24.3. The maximum atomic E-state index is 3.95. The molecule has 134 valence electrons. The van der Waals surface area contributed by atoms with Crippen molar-refractivity contribution in [2.24, 2.45) is 0 Å². The minimum absolute atomic E-state index is 0.0311. The number of halogens is 1. The Hall–Kier alpha value is -2.13. The van der Waals surface area contributed by atoms with Gasteiger partial charge in [-0.25, -0.2) is 0 Å². The van der Waals surface area contributed by atoms with Crippen LogP contribution in [-0.2, 0) is 5.41 Å². The van der Waals surface area contributed by atoms with Gasteiger partial charge in [-0.1, -0.05) is 87.2 Å². The van der Waals surface area contributed by atoms with Crippen LogP contribution in [0.15, 0.2) is 79.4 Å². The van der Waals surface area contributed by atoms with Gasteiger partial charge in [0.2, 0.25) is 0 Å². The van der Waals surface area contributed by atoms with Gasteiger partial charge in [0, 0.05) is 8.99 Å². The lowest BCUT2D eigenvalue weighted by molar-refractivity contribution is 0.660. The van der Waals surface area contributed by atoms with Crippen LogP contribution in [0, 0.1) is 0 Å². The third kappa shape index (κ3) is 2.89. The Labute approximate surface area is 175 Å². The topological polar surface area (TPSA) is 0 Å². The Morgan fingerprint density at radius 2 is 1.48 bits per heavy atom. The van der Waals surface area contributed by atoms with Crippen molar-refractivity contribution in [1.29, 1.82) is 0 Å². The van der Waals surface area contributed by atoms with E-state index in [0.29, 0.717) is 0 Å². The standard InChI is InChI=1S/C26H23I/c1-5-25(27)22-12-7-6-10-19(22)17(2)18-14-15-21-20-11-8-9-13-23(20)26(3,4)24(21)16-18/h5-16H,1H2,2-4H3/b19-17+,25-22+. The van der Waals surface area contributed by atoms with E-state index in [1.807, 2.05) is 6.08 Å². The SMILES string of the molecule is C=C/C(I)=c1/cccc/c1=C(/C)c1ccc2c(c1)C(C)(C)c1ccccc1-2. The van der Waals surface area contributed by atoms with E-state index in [-0.39, 0.29) is 5.41 Å². The van der Waals surface area contributed by atoms with Gasteiger partial charge in [-0.05, 0) is 79.4 Å². The van der Waals surface area contributed by atoms with Gasteiger partial charge in [0.25, 0.3) is 0 Å². The molecule has 0 unspecified atom stereocenters. The van der Waals surface area contributed by atoms with E-state index in [0.717, 1.165) is 0 Å². The van der Waals surface area contributed by atoms with Gasteiger partial charge in [0.05, 0.1) is 0 Å². The van der Waals surface area contributed by atoms with E-state index in [1.54, 1.807) is 0 Å². The summed E-state index contributed by atoms with van der Waals surface area (Å²) in [5.74, 6) is 0. The molecule has 3 aromatic carbocycles. The minimum atomic E-state index is 0.0311. The molecule has 0 nitrogen and oxygen atoms in total. The monoisotopic (exact) mass is 462 g/mol. The van der Waals surface area contributed by atoms with Crippen LogP contribution in [0.2, 0.25) is 0 Å². The summed E-state index contributed by atoms with van der Waals surface area (Å²) in [6.45, 7) is 10.8. The molecule has 0 amide bonds. The molecule has 0 heterocycles. The lowest BCUT2D eigenvalue weighted by atomic mass is 9.81. The smallest absolute Gasteiger partial charge is 0.0203 e. The summed E-state index contributed by atoms with van der Waals surface area (Å²) < 4.78 is 1.18. The van der Waals surface area contributed by atoms with Crippen molar-refractivity contribution < 1.29 is 0 Å². The van der Waals surface area contributed by atoms with E-state index in [1.165, 1.54) is 47.4 Å². The predicted molar refractivity (Wildman–Crippen MR) is 126 cm³/mol. The fourth-order valence-corrected chi connectivity index (χ4v) is 4.69. The zero-order valence-corrected chi connectivity index (χ0v) is 18.2. The van der Waals surface area contributed by atoms with Crippen LogP contribution in [-0.4, -0.2) is 0 Å². The second kappa shape index (κ2) is 6.79. The molecule has 0 aliphatic heterocycles. The zero-order chi connectivity index (χ0) is 19.2. The van der Waals surface area contributed by atoms with E-state index in [2.05, 4.69) is 117 Å². The summed E-state index contributed by atoms with van der Waals surface area (Å²) in [6.07, 6.45) is 1.93. The summed E-state index contributed by atoms with van der Waals surface area (Å²) in [4.78, 5) is 0. The highest BCUT2D eigenvalue weighted by Crippen LogP contribution is 2.48. The van der Waals surface area contributed by atoms with Crippen molar-refractivity contribution in [3.8, 4) is 11.1 Å². The maximum Gasteiger partial charge on any atom is 0.0203 e. The van der Waals surface area contributed by atoms with Crippen molar-refractivity contribution in [3.63, 3.8) is 0 Å². The van der Waals surface area contributed by atoms with Crippen LogP contribution in [0.5, 0.6) is 0 Å². The zero-order valence-electron chi connectivity index (χ0n) is 16.0. The summed E-state index contributed by atoms with van der Waals surface area (Å²) >= 11 is 2.37. The highest BCUT2D eigenvalue weighted by atomic mass is 127. The first-order valence-electron chi connectivity index (χ1n) is 9.28. The molecule has 27 heavy (non-hydrogen) atoms. The quantitative estimate of drug-likeness (QED) is 0.414. The van der Waals surface area contributed by atoms with Crippen LogP contribution in [0.3, 0.4) is 0 Å². The predicted octanol–water partition coefficient (Wildman–Crippen LogP) is 5.94. The van der Waals surface area contributed by atoms with Crippen LogP contribution in [0.25, 0.3) is 20.3 Å². The Balaban J connectivity index is 1.99. The molecule has 0 saturated heterocycles. The number of fused-ring (bicyclic) bond motifs is 3. The van der Waals surface area contributed by atoms with Crippen LogP contribution in [0.4, 0.5) is 0 Å². The van der Waals surface area contributed by atoms with Gasteiger partial charge >= 0.3 is 0 Å². The lowest BCUT2D eigenvalue weighted by Gasteiger charge is -2.22. The van der Waals surface area contributed by atoms with Gasteiger partial charge in [-0.15, -0.1) is 0 Å². The molecule has 0 N–H and O–H groups in total. The van der Waals surface area contributed by atoms with Gasteiger partial charge in [-0.2, -0.15) is 0 Å². The third-order valence-electron chi connectivity index (χ3n) is 5.78. The number of hydrogen-bond donors (Lipinski definition) is 0. The van der Waals surface area contributed by atoms with E-state index in [9.17, 15) is 0 Å². The number of rotatable bonds is 2. The average Bonchev–Trinajstić information content (AvgIpc) is 2.94. The molecule has 3 aromatic rings. The Morgan fingerprint density at radius 3 is 2.22 bits per heavy atom. The minimum Gasteiger partial charge on any atom is -0.0980 e. The Kier molecular flexibility index (Phi) is 4.59. The maximum absolute atomic E-state index is 3.95. The summed E-state index contributed by atoms with van der Waals surface area (Å²) in [5.41, 5.74) is 8.20. The van der Waals surface area contributed by atoms with Gasteiger partial charge in [0.15, 0.2) is 0 Å². The second-order valence-electron chi connectivity index (χ2n) is 7.65. The highest BCUT2D eigenvalue weighted by molar-refractivity contribution is 14.1. The molecule has 1 aliphatic carbocycles. The molecule has 4 rings (SSSR count). The normalized spacial score (nSPS) is 16.3. The fraction of sp³-hybridized carbons (Fsp3) is 0.154. The van der Waals surface area contributed by atoms with Crippen molar-refractivity contribution in [2.45, 2.75) is 26.2 Å². The molecule has 0 saturated carbocycles. The number of benzene rings is 3. The van der Waals surface area contributed by atoms with Crippen molar-refractivity contribution in [3.05, 3.63) is 107 Å². The first kappa shape index (κ1) is 18.2. The average molecular weight is 462 g/mol. The van der Waals surface area contributed by atoms with E-state index >= 15 is 0 Å². The van der Waals surface area contributed by atoms with E-state index < -0.39 is 0 Å². The molecule has 0 spiro atoms. The van der Waals surface area contributed by atoms with Crippen molar-refractivity contribution in [1.82, 2.24) is 0 Å². The summed E-state index contributed by atoms with van der Waals surface area (Å²) in [7, 11) is 0. The van der Waals surface area contributed by atoms with E-state index in [4.69, 9.17) is 0 Å². The van der Waals surface area contributed by atoms with Crippen LogP contribution < -0.4 is 10.4 Å². The molecule has 0 bridgehead atoms. The molecule has 1 heteroatoms. The molecular weight excluding hydrogens is 439 g/mol. The molecule has 0 fully saturated rings. The molecule has 0 radical (unpaired) electrons. The number of allylic oxidation sites excluding steroid dienone is 1. The first-order valence-corrected chi connectivity index (χ1v) is 10.4.